The minimum Gasteiger partial charge on any atom is -0.354 e. The molecule has 1 rings (SSSR count). The van der Waals surface area contributed by atoms with Crippen LogP contribution in [-0.4, -0.2) is 30.9 Å². The van der Waals surface area contributed by atoms with Crippen molar-refractivity contribution in [1.82, 2.24) is 10.6 Å². The standard InChI is InChI=1S/C15H23N3O2/c1-3-9-17-14(19)11(2)18-15(20)13(10-16)12-7-5-4-6-8-12/h4-8,11,13H,3,9-10,16H2,1-2H3,(H,17,19)(H,18,20). The summed E-state index contributed by atoms with van der Waals surface area (Å²) < 4.78 is 0. The lowest BCUT2D eigenvalue weighted by Crippen LogP contribution is -2.47. The SMILES string of the molecule is CCCNC(=O)C(C)NC(=O)C(CN)c1ccccc1. The number of hydrogen-bond acceptors (Lipinski definition) is 3. The second-order valence-corrected chi connectivity index (χ2v) is 4.72. The number of rotatable bonds is 7. The second kappa shape index (κ2) is 8.32. The molecule has 5 nitrogen and oxygen atoms in total. The lowest BCUT2D eigenvalue weighted by atomic mass is 9.98. The van der Waals surface area contributed by atoms with Crippen LogP contribution in [0.25, 0.3) is 0 Å². The maximum atomic E-state index is 12.2. The Balaban J connectivity index is 2.62. The molecular formula is C15H23N3O2. The third kappa shape index (κ3) is 4.66. The molecular weight excluding hydrogens is 254 g/mol. The van der Waals surface area contributed by atoms with Gasteiger partial charge < -0.3 is 16.4 Å². The van der Waals surface area contributed by atoms with Crippen molar-refractivity contribution in [2.24, 2.45) is 5.73 Å². The Bertz CT molecular complexity index is 434. The topological polar surface area (TPSA) is 84.2 Å². The van der Waals surface area contributed by atoms with Gasteiger partial charge in [0.25, 0.3) is 0 Å². The van der Waals surface area contributed by atoms with E-state index >= 15 is 0 Å². The van der Waals surface area contributed by atoms with Crippen LogP contribution < -0.4 is 16.4 Å². The van der Waals surface area contributed by atoms with E-state index in [1.54, 1.807) is 6.92 Å². The first-order valence-corrected chi connectivity index (χ1v) is 6.93. The third-order valence-corrected chi connectivity index (χ3v) is 3.06. The summed E-state index contributed by atoms with van der Waals surface area (Å²) in [6.07, 6.45) is 0.863. The fraction of sp³-hybridized carbons (Fsp3) is 0.467. The van der Waals surface area contributed by atoms with Gasteiger partial charge in [-0.1, -0.05) is 37.3 Å². The quantitative estimate of drug-likeness (QED) is 0.688. The van der Waals surface area contributed by atoms with E-state index in [9.17, 15) is 9.59 Å². The summed E-state index contributed by atoms with van der Waals surface area (Å²) in [7, 11) is 0. The van der Waals surface area contributed by atoms with E-state index in [1.165, 1.54) is 0 Å². The molecule has 1 aromatic carbocycles. The van der Waals surface area contributed by atoms with Gasteiger partial charge in [-0.3, -0.25) is 9.59 Å². The zero-order valence-electron chi connectivity index (χ0n) is 12.1. The molecule has 4 N–H and O–H groups in total. The molecule has 0 fully saturated rings. The van der Waals surface area contributed by atoms with E-state index in [0.29, 0.717) is 6.54 Å². The smallest absolute Gasteiger partial charge is 0.242 e. The van der Waals surface area contributed by atoms with Gasteiger partial charge in [0.2, 0.25) is 11.8 Å². The van der Waals surface area contributed by atoms with E-state index in [2.05, 4.69) is 10.6 Å². The van der Waals surface area contributed by atoms with Gasteiger partial charge in [-0.25, -0.2) is 0 Å². The molecule has 0 bridgehead atoms. The lowest BCUT2D eigenvalue weighted by Gasteiger charge is -2.19. The molecule has 1 aromatic rings. The zero-order chi connectivity index (χ0) is 15.0. The van der Waals surface area contributed by atoms with Crippen LogP contribution >= 0.6 is 0 Å². The lowest BCUT2D eigenvalue weighted by molar-refractivity contribution is -0.129. The number of carbonyl (C=O) groups excluding carboxylic acids is 2. The summed E-state index contributed by atoms with van der Waals surface area (Å²) in [4.78, 5) is 23.9. The van der Waals surface area contributed by atoms with E-state index in [-0.39, 0.29) is 18.4 Å². The van der Waals surface area contributed by atoms with Crippen molar-refractivity contribution in [3.8, 4) is 0 Å². The van der Waals surface area contributed by atoms with Gasteiger partial charge in [0.15, 0.2) is 0 Å². The molecule has 0 heterocycles. The van der Waals surface area contributed by atoms with Crippen molar-refractivity contribution in [3.05, 3.63) is 35.9 Å². The first-order valence-electron chi connectivity index (χ1n) is 6.93. The molecule has 0 aromatic heterocycles. The Kier molecular flexibility index (Phi) is 6.73. The molecule has 2 amide bonds. The highest BCUT2D eigenvalue weighted by Crippen LogP contribution is 2.14. The van der Waals surface area contributed by atoms with Crippen LogP contribution in [0.15, 0.2) is 30.3 Å². The monoisotopic (exact) mass is 277 g/mol. The van der Waals surface area contributed by atoms with Crippen LogP contribution in [0.1, 0.15) is 31.7 Å². The molecule has 0 radical (unpaired) electrons. The minimum absolute atomic E-state index is 0.177. The predicted octanol–water partition coefficient (Wildman–Crippen LogP) is 0.760. The molecule has 2 unspecified atom stereocenters. The van der Waals surface area contributed by atoms with E-state index in [4.69, 9.17) is 5.73 Å². The van der Waals surface area contributed by atoms with E-state index in [1.807, 2.05) is 37.3 Å². The van der Waals surface area contributed by atoms with Crippen molar-refractivity contribution < 1.29 is 9.59 Å². The van der Waals surface area contributed by atoms with Gasteiger partial charge in [-0.2, -0.15) is 0 Å². The molecule has 0 saturated heterocycles. The van der Waals surface area contributed by atoms with Crippen LogP contribution in [0.2, 0.25) is 0 Å². The maximum Gasteiger partial charge on any atom is 0.242 e. The molecule has 0 aliphatic heterocycles. The summed E-state index contributed by atoms with van der Waals surface area (Å²) in [6, 6.07) is 8.77. The highest BCUT2D eigenvalue weighted by molar-refractivity contribution is 5.90. The minimum atomic E-state index is -0.563. The first kappa shape index (κ1) is 16.2. The van der Waals surface area contributed by atoms with Gasteiger partial charge in [-0.15, -0.1) is 0 Å². The van der Waals surface area contributed by atoms with Crippen LogP contribution in [0.5, 0.6) is 0 Å². The van der Waals surface area contributed by atoms with Crippen LogP contribution in [0.3, 0.4) is 0 Å². The molecule has 20 heavy (non-hydrogen) atoms. The van der Waals surface area contributed by atoms with E-state index < -0.39 is 12.0 Å². The molecule has 0 spiro atoms. The Morgan fingerprint density at radius 1 is 1.20 bits per heavy atom. The number of carbonyl (C=O) groups is 2. The van der Waals surface area contributed by atoms with Gasteiger partial charge in [0.05, 0.1) is 5.92 Å². The fourth-order valence-corrected chi connectivity index (χ4v) is 1.86. The van der Waals surface area contributed by atoms with Crippen LogP contribution in [-0.2, 0) is 9.59 Å². The average molecular weight is 277 g/mol. The molecule has 5 heteroatoms. The van der Waals surface area contributed by atoms with Crippen molar-refractivity contribution >= 4 is 11.8 Å². The molecule has 110 valence electrons. The van der Waals surface area contributed by atoms with Crippen LogP contribution in [0.4, 0.5) is 0 Å². The van der Waals surface area contributed by atoms with Gasteiger partial charge in [0.1, 0.15) is 6.04 Å². The number of nitrogens with one attached hydrogen (secondary N) is 2. The molecule has 2 atom stereocenters. The highest BCUT2D eigenvalue weighted by Gasteiger charge is 2.22. The van der Waals surface area contributed by atoms with Crippen molar-refractivity contribution in [1.29, 1.82) is 0 Å². The van der Waals surface area contributed by atoms with Crippen molar-refractivity contribution in [2.75, 3.05) is 13.1 Å². The van der Waals surface area contributed by atoms with Crippen molar-refractivity contribution in [3.63, 3.8) is 0 Å². The van der Waals surface area contributed by atoms with Gasteiger partial charge >= 0.3 is 0 Å². The largest absolute Gasteiger partial charge is 0.354 e. The summed E-state index contributed by atoms with van der Waals surface area (Å²) >= 11 is 0. The Morgan fingerprint density at radius 2 is 1.85 bits per heavy atom. The molecule has 0 aliphatic carbocycles. The number of nitrogens with two attached hydrogens (primary N) is 1. The summed E-state index contributed by atoms with van der Waals surface area (Å²) in [6.45, 7) is 4.46. The Morgan fingerprint density at radius 3 is 2.40 bits per heavy atom. The van der Waals surface area contributed by atoms with Gasteiger partial charge in [0, 0.05) is 13.1 Å². The predicted molar refractivity (Wildman–Crippen MR) is 79.1 cm³/mol. The fourth-order valence-electron chi connectivity index (χ4n) is 1.86. The number of benzene rings is 1. The third-order valence-electron chi connectivity index (χ3n) is 3.06. The van der Waals surface area contributed by atoms with E-state index in [0.717, 1.165) is 12.0 Å². The van der Waals surface area contributed by atoms with Gasteiger partial charge in [-0.05, 0) is 18.9 Å². The zero-order valence-corrected chi connectivity index (χ0v) is 12.1. The molecule has 0 saturated carbocycles. The van der Waals surface area contributed by atoms with Crippen molar-refractivity contribution in [2.45, 2.75) is 32.2 Å². The average Bonchev–Trinajstić information content (AvgIpc) is 2.46. The highest BCUT2D eigenvalue weighted by atomic mass is 16.2. The van der Waals surface area contributed by atoms with Crippen LogP contribution in [0, 0.1) is 0 Å². The summed E-state index contributed by atoms with van der Waals surface area (Å²) in [5.41, 5.74) is 6.53. The summed E-state index contributed by atoms with van der Waals surface area (Å²) in [5.74, 6) is -0.834. The Labute approximate surface area is 119 Å². The number of hydrogen-bond donors (Lipinski definition) is 3. The normalized spacial score (nSPS) is 13.3. The summed E-state index contributed by atoms with van der Waals surface area (Å²) in [5, 5.41) is 5.46. The number of amides is 2. The molecule has 0 aliphatic rings. The maximum absolute atomic E-state index is 12.2. The Hall–Kier alpha value is -1.88. The second-order valence-electron chi connectivity index (χ2n) is 4.72. The first-order chi connectivity index (χ1) is 9.60.